The maximum atomic E-state index is 12.3. The van der Waals surface area contributed by atoms with Gasteiger partial charge in [0.1, 0.15) is 14.9 Å². The summed E-state index contributed by atoms with van der Waals surface area (Å²) in [7, 11) is 0. The number of thiazole rings is 1. The highest BCUT2D eigenvalue weighted by Gasteiger charge is 2.17. The first-order valence-corrected chi connectivity index (χ1v) is 8.88. The third kappa shape index (κ3) is 3.02. The summed E-state index contributed by atoms with van der Waals surface area (Å²) in [5, 5.41) is 17.1. The fourth-order valence-corrected chi connectivity index (χ4v) is 4.07. The monoisotopic (exact) mass is 336 g/mol. The molecule has 0 aliphatic rings. The Morgan fingerprint density at radius 1 is 1.33 bits per heavy atom. The van der Waals surface area contributed by atoms with Gasteiger partial charge in [-0.2, -0.15) is 11.3 Å². The van der Waals surface area contributed by atoms with Crippen LogP contribution in [0.25, 0.3) is 10.6 Å². The summed E-state index contributed by atoms with van der Waals surface area (Å²) in [4.78, 5) is 17.4. The van der Waals surface area contributed by atoms with Crippen molar-refractivity contribution < 1.29 is 4.79 Å². The quantitative estimate of drug-likeness (QED) is 0.786. The first kappa shape index (κ1) is 14.3. The molecule has 0 saturated carbocycles. The van der Waals surface area contributed by atoms with Gasteiger partial charge < -0.3 is 0 Å². The molecule has 0 saturated heterocycles. The minimum Gasteiger partial charge on any atom is -0.296 e. The van der Waals surface area contributed by atoms with Gasteiger partial charge in [0.15, 0.2) is 0 Å². The Labute approximate surface area is 133 Å². The number of nitrogens with one attached hydrogen (secondary N) is 1. The lowest BCUT2D eigenvalue weighted by molar-refractivity contribution is 0.102. The third-order valence-electron chi connectivity index (χ3n) is 2.76. The molecule has 0 aromatic carbocycles. The molecule has 3 rings (SSSR count). The average Bonchev–Trinajstić information content (AvgIpc) is 3.17. The van der Waals surface area contributed by atoms with Crippen LogP contribution in [0.2, 0.25) is 0 Å². The Morgan fingerprint density at radius 2 is 2.19 bits per heavy atom. The minimum absolute atomic E-state index is 0.176. The molecular formula is C13H12N4OS3. The van der Waals surface area contributed by atoms with Crippen molar-refractivity contribution in [2.45, 2.75) is 20.3 Å². The lowest BCUT2D eigenvalue weighted by atomic mass is 10.3. The van der Waals surface area contributed by atoms with Gasteiger partial charge in [-0.05, 0) is 24.8 Å². The number of hydrogen-bond donors (Lipinski definition) is 1. The molecule has 0 atom stereocenters. The summed E-state index contributed by atoms with van der Waals surface area (Å²) in [6.45, 7) is 3.85. The van der Waals surface area contributed by atoms with Crippen LogP contribution in [0.3, 0.4) is 0 Å². The van der Waals surface area contributed by atoms with E-state index in [0.717, 1.165) is 27.7 Å². The second-order valence-corrected chi connectivity index (χ2v) is 7.10. The van der Waals surface area contributed by atoms with Crippen LogP contribution in [0.5, 0.6) is 0 Å². The van der Waals surface area contributed by atoms with Gasteiger partial charge in [-0.3, -0.25) is 10.1 Å². The Kier molecular flexibility index (Phi) is 4.09. The van der Waals surface area contributed by atoms with Crippen LogP contribution < -0.4 is 5.32 Å². The van der Waals surface area contributed by atoms with E-state index in [0.29, 0.717) is 10.0 Å². The molecule has 0 spiro atoms. The second kappa shape index (κ2) is 6.00. The maximum absolute atomic E-state index is 12.3. The van der Waals surface area contributed by atoms with Crippen molar-refractivity contribution in [3.63, 3.8) is 0 Å². The van der Waals surface area contributed by atoms with Crippen molar-refractivity contribution in [3.8, 4) is 10.6 Å². The fraction of sp³-hybridized carbons (Fsp3) is 0.231. The standard InChI is InChI=1S/C13H12N4OS3/c1-3-9-16-17-13(20-9)15-11(18)10-7(2)14-12(21-10)8-4-5-19-6-8/h4-6H,3H2,1-2H3,(H,15,17,18). The van der Waals surface area contributed by atoms with E-state index in [2.05, 4.69) is 20.5 Å². The number of rotatable bonds is 4. The fourth-order valence-electron chi connectivity index (χ4n) is 1.72. The number of anilines is 1. The molecule has 5 nitrogen and oxygen atoms in total. The average molecular weight is 336 g/mol. The Bertz CT molecular complexity index is 760. The van der Waals surface area contributed by atoms with E-state index in [9.17, 15) is 4.79 Å². The first-order valence-electron chi connectivity index (χ1n) is 6.31. The molecule has 8 heteroatoms. The molecule has 3 heterocycles. The molecule has 1 amide bonds. The molecule has 0 radical (unpaired) electrons. The van der Waals surface area contributed by atoms with E-state index in [-0.39, 0.29) is 5.91 Å². The van der Waals surface area contributed by atoms with Crippen LogP contribution in [0.4, 0.5) is 5.13 Å². The summed E-state index contributed by atoms with van der Waals surface area (Å²) < 4.78 is 0. The summed E-state index contributed by atoms with van der Waals surface area (Å²) in [5.74, 6) is -0.176. The molecule has 0 aliphatic heterocycles. The summed E-state index contributed by atoms with van der Waals surface area (Å²) in [6.07, 6.45) is 0.815. The van der Waals surface area contributed by atoms with E-state index in [1.807, 2.05) is 30.7 Å². The normalized spacial score (nSPS) is 10.8. The van der Waals surface area contributed by atoms with Crippen molar-refractivity contribution in [2.24, 2.45) is 0 Å². The van der Waals surface area contributed by atoms with Crippen LogP contribution in [0.15, 0.2) is 16.8 Å². The van der Waals surface area contributed by atoms with E-state index < -0.39 is 0 Å². The van der Waals surface area contributed by atoms with Gasteiger partial charge in [0.25, 0.3) is 5.91 Å². The predicted octanol–water partition coefficient (Wildman–Crippen LogP) is 3.85. The molecule has 21 heavy (non-hydrogen) atoms. The van der Waals surface area contributed by atoms with Crippen molar-refractivity contribution >= 4 is 45.0 Å². The van der Waals surface area contributed by atoms with Crippen molar-refractivity contribution in [2.75, 3.05) is 5.32 Å². The summed E-state index contributed by atoms with van der Waals surface area (Å²) in [6, 6.07) is 2.00. The highest BCUT2D eigenvalue weighted by Crippen LogP contribution is 2.30. The van der Waals surface area contributed by atoms with Crippen LogP contribution in [0, 0.1) is 6.92 Å². The van der Waals surface area contributed by atoms with Crippen molar-refractivity contribution in [3.05, 3.63) is 32.4 Å². The molecule has 0 fully saturated rings. The highest BCUT2D eigenvalue weighted by atomic mass is 32.1. The molecule has 0 bridgehead atoms. The number of carbonyl (C=O) groups excluding carboxylic acids is 1. The first-order chi connectivity index (χ1) is 10.2. The maximum Gasteiger partial charge on any atom is 0.269 e. The predicted molar refractivity (Wildman–Crippen MR) is 87.4 cm³/mol. The molecule has 0 unspecified atom stereocenters. The van der Waals surface area contributed by atoms with E-state index in [4.69, 9.17) is 0 Å². The number of thiophene rings is 1. The van der Waals surface area contributed by atoms with Crippen LogP contribution in [-0.4, -0.2) is 21.1 Å². The molecule has 3 aromatic heterocycles. The van der Waals surface area contributed by atoms with Crippen molar-refractivity contribution in [1.29, 1.82) is 0 Å². The number of aryl methyl sites for hydroxylation is 2. The lowest BCUT2D eigenvalue weighted by Gasteiger charge is -1.97. The largest absolute Gasteiger partial charge is 0.296 e. The molecular weight excluding hydrogens is 324 g/mol. The zero-order chi connectivity index (χ0) is 14.8. The van der Waals surface area contributed by atoms with Crippen molar-refractivity contribution in [1.82, 2.24) is 15.2 Å². The number of aromatic nitrogens is 3. The third-order valence-corrected chi connectivity index (χ3v) is 5.63. The number of carbonyl (C=O) groups is 1. The molecule has 1 N–H and O–H groups in total. The topological polar surface area (TPSA) is 67.8 Å². The zero-order valence-electron chi connectivity index (χ0n) is 11.4. The molecule has 108 valence electrons. The molecule has 3 aromatic rings. The number of amides is 1. The van der Waals surface area contributed by atoms with Gasteiger partial charge in [0, 0.05) is 10.9 Å². The lowest BCUT2D eigenvalue weighted by Crippen LogP contribution is -2.11. The van der Waals surface area contributed by atoms with Crippen LogP contribution in [0.1, 0.15) is 27.3 Å². The van der Waals surface area contributed by atoms with Crippen LogP contribution in [-0.2, 0) is 6.42 Å². The Morgan fingerprint density at radius 3 is 2.86 bits per heavy atom. The van der Waals surface area contributed by atoms with Crippen LogP contribution >= 0.6 is 34.0 Å². The number of hydrogen-bond acceptors (Lipinski definition) is 7. The van der Waals surface area contributed by atoms with Gasteiger partial charge in [-0.15, -0.1) is 21.5 Å². The van der Waals surface area contributed by atoms with E-state index in [1.54, 1.807) is 11.3 Å². The Hall–Kier alpha value is -1.64. The molecule has 0 aliphatic carbocycles. The number of nitrogens with zero attached hydrogens (tertiary/aromatic N) is 3. The van der Waals surface area contributed by atoms with E-state index in [1.165, 1.54) is 22.7 Å². The Balaban J connectivity index is 1.81. The SMILES string of the molecule is CCc1nnc(NC(=O)c2sc(-c3ccsc3)nc2C)s1. The van der Waals surface area contributed by atoms with Gasteiger partial charge in [-0.25, -0.2) is 4.98 Å². The smallest absolute Gasteiger partial charge is 0.269 e. The summed E-state index contributed by atoms with van der Waals surface area (Å²) >= 11 is 4.41. The van der Waals surface area contributed by atoms with Gasteiger partial charge in [0.2, 0.25) is 5.13 Å². The van der Waals surface area contributed by atoms with E-state index >= 15 is 0 Å². The van der Waals surface area contributed by atoms with Gasteiger partial charge in [-0.1, -0.05) is 18.3 Å². The second-order valence-electron chi connectivity index (χ2n) is 4.25. The highest BCUT2D eigenvalue weighted by molar-refractivity contribution is 7.18. The van der Waals surface area contributed by atoms with Gasteiger partial charge >= 0.3 is 0 Å². The minimum atomic E-state index is -0.176. The van der Waals surface area contributed by atoms with Gasteiger partial charge in [0.05, 0.1) is 5.69 Å². The summed E-state index contributed by atoms with van der Waals surface area (Å²) in [5.41, 5.74) is 1.79. The zero-order valence-corrected chi connectivity index (χ0v) is 13.9.